The van der Waals surface area contributed by atoms with Gasteiger partial charge in [0, 0.05) is 12.5 Å². The van der Waals surface area contributed by atoms with Crippen LogP contribution in [0.1, 0.15) is 65.7 Å². The van der Waals surface area contributed by atoms with Crippen LogP contribution in [0.4, 0.5) is 0 Å². The second-order valence-corrected chi connectivity index (χ2v) is 6.60. The average molecular weight is 254 g/mol. The molecule has 1 atom stereocenters. The van der Waals surface area contributed by atoms with E-state index in [1.807, 2.05) is 0 Å². The van der Waals surface area contributed by atoms with Crippen molar-refractivity contribution in [2.24, 2.45) is 17.1 Å². The second-order valence-electron chi connectivity index (χ2n) is 6.60. The first kappa shape index (κ1) is 15.5. The Morgan fingerprint density at radius 1 is 1.33 bits per heavy atom. The lowest BCUT2D eigenvalue weighted by Gasteiger charge is -2.25. The van der Waals surface area contributed by atoms with Gasteiger partial charge in [-0.05, 0) is 50.5 Å². The van der Waals surface area contributed by atoms with E-state index in [9.17, 15) is 4.79 Å². The van der Waals surface area contributed by atoms with Crippen LogP contribution in [0.5, 0.6) is 0 Å². The molecule has 18 heavy (non-hydrogen) atoms. The molecular weight excluding hydrogens is 224 g/mol. The van der Waals surface area contributed by atoms with Gasteiger partial charge in [-0.2, -0.15) is 0 Å². The minimum Gasteiger partial charge on any atom is -0.353 e. The van der Waals surface area contributed by atoms with Crippen LogP contribution >= 0.6 is 0 Å². The molecule has 3 nitrogen and oxygen atoms in total. The Morgan fingerprint density at radius 3 is 2.50 bits per heavy atom. The van der Waals surface area contributed by atoms with Crippen LogP contribution in [0.2, 0.25) is 0 Å². The number of amides is 1. The summed E-state index contributed by atoms with van der Waals surface area (Å²) in [7, 11) is 0. The first-order valence-corrected chi connectivity index (χ1v) is 7.44. The Hall–Kier alpha value is -0.570. The van der Waals surface area contributed by atoms with Crippen molar-refractivity contribution in [1.29, 1.82) is 0 Å². The number of carbonyl (C=O) groups is 1. The van der Waals surface area contributed by atoms with E-state index in [0.29, 0.717) is 24.9 Å². The zero-order valence-electron chi connectivity index (χ0n) is 12.3. The minimum absolute atomic E-state index is 0.183. The number of rotatable bonds is 7. The van der Waals surface area contributed by atoms with Gasteiger partial charge in [0.2, 0.25) is 5.91 Å². The number of nitrogens with one attached hydrogen (secondary N) is 1. The zero-order chi connectivity index (χ0) is 13.6. The van der Waals surface area contributed by atoms with Crippen molar-refractivity contribution in [3.05, 3.63) is 0 Å². The second kappa shape index (κ2) is 7.13. The molecule has 1 rings (SSSR count). The van der Waals surface area contributed by atoms with Crippen LogP contribution in [0.3, 0.4) is 0 Å². The molecule has 0 heterocycles. The molecule has 0 spiro atoms. The van der Waals surface area contributed by atoms with E-state index in [2.05, 4.69) is 26.1 Å². The predicted octanol–water partition coefficient (Wildman–Crippen LogP) is 2.84. The van der Waals surface area contributed by atoms with E-state index in [1.54, 1.807) is 0 Å². The number of carbonyl (C=O) groups excluding carboxylic acids is 1. The Bertz CT molecular complexity index is 257. The highest BCUT2D eigenvalue weighted by molar-refractivity contribution is 5.76. The van der Waals surface area contributed by atoms with E-state index in [0.717, 1.165) is 12.8 Å². The van der Waals surface area contributed by atoms with Gasteiger partial charge in [0.25, 0.3) is 0 Å². The van der Waals surface area contributed by atoms with Gasteiger partial charge in [-0.1, -0.05) is 26.7 Å². The van der Waals surface area contributed by atoms with Crippen LogP contribution in [0.25, 0.3) is 0 Å². The normalized spacial score (nSPS) is 18.9. The monoisotopic (exact) mass is 254 g/mol. The maximum absolute atomic E-state index is 11.9. The van der Waals surface area contributed by atoms with Gasteiger partial charge in [-0.25, -0.2) is 0 Å². The molecule has 0 aliphatic heterocycles. The lowest BCUT2D eigenvalue weighted by molar-refractivity contribution is -0.122. The number of hydrogen-bond acceptors (Lipinski definition) is 2. The Balaban J connectivity index is 2.24. The predicted molar refractivity (Wildman–Crippen MR) is 76.2 cm³/mol. The average Bonchev–Trinajstić information content (AvgIpc) is 2.80. The van der Waals surface area contributed by atoms with Crippen molar-refractivity contribution < 1.29 is 4.79 Å². The topological polar surface area (TPSA) is 55.1 Å². The quantitative estimate of drug-likeness (QED) is 0.734. The fourth-order valence-corrected chi connectivity index (χ4v) is 2.87. The molecule has 0 aromatic heterocycles. The molecule has 0 unspecified atom stereocenters. The van der Waals surface area contributed by atoms with Crippen LogP contribution in [-0.2, 0) is 4.79 Å². The lowest BCUT2D eigenvalue weighted by Crippen LogP contribution is -2.37. The highest BCUT2D eigenvalue weighted by atomic mass is 16.1. The van der Waals surface area contributed by atoms with Crippen LogP contribution in [-0.4, -0.2) is 18.5 Å². The maximum atomic E-state index is 11.9. The molecule has 3 heteroatoms. The summed E-state index contributed by atoms with van der Waals surface area (Å²) in [5, 5.41) is 3.17. The van der Waals surface area contributed by atoms with Gasteiger partial charge >= 0.3 is 0 Å². The van der Waals surface area contributed by atoms with E-state index < -0.39 is 0 Å². The van der Waals surface area contributed by atoms with Gasteiger partial charge in [0.1, 0.15) is 0 Å². The third kappa shape index (κ3) is 5.38. The minimum atomic E-state index is 0.183. The van der Waals surface area contributed by atoms with Gasteiger partial charge in [0.05, 0.1) is 0 Å². The summed E-state index contributed by atoms with van der Waals surface area (Å²) in [6.07, 6.45) is 7.75. The maximum Gasteiger partial charge on any atom is 0.220 e. The summed E-state index contributed by atoms with van der Waals surface area (Å²) in [5.74, 6) is 0.908. The Labute approximate surface area is 112 Å². The van der Waals surface area contributed by atoms with Crippen molar-refractivity contribution >= 4 is 5.91 Å². The van der Waals surface area contributed by atoms with Crippen LogP contribution < -0.4 is 11.1 Å². The van der Waals surface area contributed by atoms with Crippen molar-refractivity contribution in [2.45, 2.75) is 71.8 Å². The standard InChI is InChI=1S/C15H30N2O/c1-12(13-6-4-5-7-13)17-14(18)8-9-15(2,3)10-11-16/h12-13H,4-11,16H2,1-3H3,(H,17,18)/t12-/m0/s1. The molecule has 0 aromatic rings. The molecule has 1 aliphatic carbocycles. The first-order valence-electron chi connectivity index (χ1n) is 7.44. The van der Waals surface area contributed by atoms with E-state index >= 15 is 0 Å². The summed E-state index contributed by atoms with van der Waals surface area (Å²) in [6, 6.07) is 0.345. The van der Waals surface area contributed by atoms with E-state index in [-0.39, 0.29) is 11.3 Å². The van der Waals surface area contributed by atoms with Crippen molar-refractivity contribution in [3.8, 4) is 0 Å². The Kier molecular flexibility index (Phi) is 6.13. The highest BCUT2D eigenvalue weighted by Gasteiger charge is 2.24. The molecule has 1 aliphatic rings. The largest absolute Gasteiger partial charge is 0.353 e. The lowest BCUT2D eigenvalue weighted by atomic mass is 9.84. The summed E-state index contributed by atoms with van der Waals surface area (Å²) in [4.78, 5) is 11.9. The third-order valence-corrected chi connectivity index (χ3v) is 4.35. The Morgan fingerprint density at radius 2 is 1.94 bits per heavy atom. The van der Waals surface area contributed by atoms with Crippen molar-refractivity contribution in [2.75, 3.05) is 6.54 Å². The highest BCUT2D eigenvalue weighted by Crippen LogP contribution is 2.28. The molecule has 0 aromatic carbocycles. The number of hydrogen-bond donors (Lipinski definition) is 2. The molecular formula is C15H30N2O. The van der Waals surface area contributed by atoms with Crippen molar-refractivity contribution in [3.63, 3.8) is 0 Å². The van der Waals surface area contributed by atoms with Crippen LogP contribution in [0, 0.1) is 11.3 Å². The molecule has 0 radical (unpaired) electrons. The van der Waals surface area contributed by atoms with E-state index in [4.69, 9.17) is 5.73 Å². The molecule has 106 valence electrons. The van der Waals surface area contributed by atoms with Gasteiger partial charge in [0.15, 0.2) is 0 Å². The summed E-state index contributed by atoms with van der Waals surface area (Å²) >= 11 is 0. The van der Waals surface area contributed by atoms with Crippen LogP contribution in [0.15, 0.2) is 0 Å². The molecule has 1 saturated carbocycles. The summed E-state index contributed by atoms with van der Waals surface area (Å²) < 4.78 is 0. The molecule has 0 bridgehead atoms. The summed E-state index contributed by atoms with van der Waals surface area (Å²) in [5.41, 5.74) is 5.77. The molecule has 3 N–H and O–H groups in total. The third-order valence-electron chi connectivity index (χ3n) is 4.35. The van der Waals surface area contributed by atoms with Crippen molar-refractivity contribution in [1.82, 2.24) is 5.32 Å². The summed E-state index contributed by atoms with van der Waals surface area (Å²) in [6.45, 7) is 7.23. The fourth-order valence-electron chi connectivity index (χ4n) is 2.87. The van der Waals surface area contributed by atoms with Gasteiger partial charge < -0.3 is 11.1 Å². The van der Waals surface area contributed by atoms with E-state index in [1.165, 1.54) is 25.7 Å². The molecule has 1 amide bonds. The number of nitrogens with two attached hydrogens (primary N) is 1. The molecule has 0 saturated heterocycles. The molecule has 1 fully saturated rings. The first-order chi connectivity index (χ1) is 8.44. The zero-order valence-corrected chi connectivity index (χ0v) is 12.3. The smallest absolute Gasteiger partial charge is 0.220 e. The van der Waals surface area contributed by atoms with Gasteiger partial charge in [-0.3, -0.25) is 4.79 Å². The van der Waals surface area contributed by atoms with Gasteiger partial charge in [-0.15, -0.1) is 0 Å². The SMILES string of the molecule is C[C@H](NC(=O)CCC(C)(C)CCN)C1CCCC1. The fraction of sp³-hybridized carbons (Fsp3) is 0.933.